The number of nitrogens with two attached hydrogens (primary N) is 2. The molecule has 0 aliphatic rings. The average Bonchev–Trinajstić information content (AvgIpc) is 2.35. The molecule has 104 valence electrons. The van der Waals surface area contributed by atoms with Crippen LogP contribution in [-0.2, 0) is 11.3 Å². The Hall–Kier alpha value is -2.48. The first-order valence-electron chi connectivity index (χ1n) is 5.34. The first-order valence-corrected chi connectivity index (χ1v) is 5.71. The summed E-state index contributed by atoms with van der Waals surface area (Å²) in [4.78, 5) is 22.7. The molecule has 0 fully saturated rings. The predicted octanol–water partition coefficient (Wildman–Crippen LogP) is 1.19. The van der Waals surface area contributed by atoms with Gasteiger partial charge in [-0.2, -0.15) is 15.0 Å². The first-order chi connectivity index (χ1) is 9.45. The molecule has 1 aromatic heterocycles. The molecule has 0 atom stereocenters. The highest BCUT2D eigenvalue weighted by atomic mass is 35.5. The zero-order valence-corrected chi connectivity index (χ0v) is 10.8. The largest absolute Gasteiger partial charge is 0.454 e. The summed E-state index contributed by atoms with van der Waals surface area (Å²) in [5.41, 5.74) is 10.5. The van der Waals surface area contributed by atoms with Crippen LogP contribution in [0, 0.1) is 5.82 Å². The zero-order valence-electron chi connectivity index (χ0n) is 10.0. The average molecular weight is 298 g/mol. The third kappa shape index (κ3) is 3.29. The smallest absolute Gasteiger partial charge is 0.341 e. The molecule has 0 saturated carbocycles. The van der Waals surface area contributed by atoms with E-state index in [1.807, 2.05) is 0 Å². The molecule has 0 radical (unpaired) electrons. The number of hydrogen-bond donors (Lipinski definition) is 2. The van der Waals surface area contributed by atoms with Gasteiger partial charge in [-0.25, -0.2) is 9.18 Å². The number of ether oxygens (including phenoxy) is 1. The van der Waals surface area contributed by atoms with E-state index in [4.69, 9.17) is 27.8 Å². The number of rotatable bonds is 3. The number of benzene rings is 1. The van der Waals surface area contributed by atoms with E-state index >= 15 is 0 Å². The SMILES string of the molecule is Nc1nc(N)nc(COC(=O)c2ccc(Cl)cc2F)n1. The molecule has 9 heteroatoms. The van der Waals surface area contributed by atoms with Crippen LogP contribution in [0.25, 0.3) is 0 Å². The molecule has 4 N–H and O–H groups in total. The molecule has 7 nitrogen and oxygen atoms in total. The van der Waals surface area contributed by atoms with Crippen molar-refractivity contribution in [3.05, 3.63) is 40.4 Å². The van der Waals surface area contributed by atoms with Gasteiger partial charge in [-0.05, 0) is 18.2 Å². The Bertz CT molecular complexity index is 647. The molecule has 2 aromatic rings. The molecular weight excluding hydrogens is 289 g/mol. The van der Waals surface area contributed by atoms with Gasteiger partial charge in [-0.3, -0.25) is 0 Å². The lowest BCUT2D eigenvalue weighted by Crippen LogP contribution is -2.12. The zero-order chi connectivity index (χ0) is 14.7. The van der Waals surface area contributed by atoms with Crippen molar-refractivity contribution in [2.24, 2.45) is 0 Å². The van der Waals surface area contributed by atoms with Gasteiger partial charge in [0.05, 0.1) is 5.56 Å². The van der Waals surface area contributed by atoms with Gasteiger partial charge in [0.2, 0.25) is 11.9 Å². The quantitative estimate of drug-likeness (QED) is 0.817. The van der Waals surface area contributed by atoms with Crippen molar-refractivity contribution in [3.8, 4) is 0 Å². The van der Waals surface area contributed by atoms with Gasteiger partial charge >= 0.3 is 5.97 Å². The van der Waals surface area contributed by atoms with Crippen molar-refractivity contribution in [2.45, 2.75) is 6.61 Å². The Morgan fingerprint density at radius 1 is 1.25 bits per heavy atom. The normalized spacial score (nSPS) is 10.3. The van der Waals surface area contributed by atoms with Crippen molar-refractivity contribution >= 4 is 29.5 Å². The van der Waals surface area contributed by atoms with Crippen LogP contribution in [-0.4, -0.2) is 20.9 Å². The number of aromatic nitrogens is 3. The van der Waals surface area contributed by atoms with E-state index in [2.05, 4.69) is 15.0 Å². The van der Waals surface area contributed by atoms with Gasteiger partial charge in [0, 0.05) is 5.02 Å². The number of carbonyl (C=O) groups is 1. The second kappa shape index (κ2) is 5.66. The fourth-order valence-electron chi connectivity index (χ4n) is 1.38. The van der Waals surface area contributed by atoms with Gasteiger partial charge < -0.3 is 16.2 Å². The monoisotopic (exact) mass is 297 g/mol. The van der Waals surface area contributed by atoms with Crippen LogP contribution < -0.4 is 11.5 Å². The van der Waals surface area contributed by atoms with Crippen LogP contribution in [0.5, 0.6) is 0 Å². The number of nitrogen functional groups attached to an aromatic ring is 2. The Labute approximate surface area is 117 Å². The number of esters is 1. The minimum Gasteiger partial charge on any atom is -0.454 e. The standard InChI is InChI=1S/C11H9ClFN5O2/c12-5-1-2-6(7(13)3-5)9(19)20-4-8-16-10(14)18-11(15)17-8/h1-3H,4H2,(H4,14,15,16,17,18). The van der Waals surface area contributed by atoms with Gasteiger partial charge in [-0.1, -0.05) is 11.6 Å². The van der Waals surface area contributed by atoms with Gasteiger partial charge in [-0.15, -0.1) is 0 Å². The lowest BCUT2D eigenvalue weighted by Gasteiger charge is -2.05. The maximum atomic E-state index is 13.5. The molecule has 0 amide bonds. The number of nitrogens with zero attached hydrogens (tertiary/aromatic N) is 3. The Morgan fingerprint density at radius 3 is 2.50 bits per heavy atom. The van der Waals surface area contributed by atoms with E-state index in [-0.39, 0.29) is 34.9 Å². The lowest BCUT2D eigenvalue weighted by atomic mass is 10.2. The van der Waals surface area contributed by atoms with E-state index in [1.165, 1.54) is 12.1 Å². The van der Waals surface area contributed by atoms with Crippen LogP contribution in [0.1, 0.15) is 16.2 Å². The van der Waals surface area contributed by atoms with Crippen LogP contribution in [0.3, 0.4) is 0 Å². The van der Waals surface area contributed by atoms with Crippen molar-refractivity contribution in [2.75, 3.05) is 11.5 Å². The van der Waals surface area contributed by atoms with Crippen LogP contribution >= 0.6 is 11.6 Å². The lowest BCUT2D eigenvalue weighted by molar-refractivity contribution is 0.0457. The topological polar surface area (TPSA) is 117 Å². The summed E-state index contributed by atoms with van der Waals surface area (Å²) in [6.45, 7) is -0.308. The van der Waals surface area contributed by atoms with Crippen molar-refractivity contribution in [1.29, 1.82) is 0 Å². The number of carbonyl (C=O) groups excluding carboxylic acids is 1. The molecule has 1 aromatic carbocycles. The fourth-order valence-corrected chi connectivity index (χ4v) is 1.54. The van der Waals surface area contributed by atoms with Gasteiger partial charge in [0.25, 0.3) is 0 Å². The highest BCUT2D eigenvalue weighted by Crippen LogP contribution is 2.15. The number of hydrogen-bond acceptors (Lipinski definition) is 7. The van der Waals surface area contributed by atoms with Crippen LogP contribution in [0.15, 0.2) is 18.2 Å². The summed E-state index contributed by atoms with van der Waals surface area (Å²) in [6.07, 6.45) is 0. The van der Waals surface area contributed by atoms with Gasteiger partial charge in [0.15, 0.2) is 12.4 Å². The highest BCUT2D eigenvalue weighted by Gasteiger charge is 2.14. The molecule has 1 heterocycles. The van der Waals surface area contributed by atoms with E-state index in [1.54, 1.807) is 0 Å². The molecule has 20 heavy (non-hydrogen) atoms. The van der Waals surface area contributed by atoms with E-state index in [9.17, 15) is 9.18 Å². The van der Waals surface area contributed by atoms with Crippen molar-refractivity contribution < 1.29 is 13.9 Å². The minimum atomic E-state index is -0.878. The molecule has 0 unspecified atom stereocenters. The summed E-state index contributed by atoms with van der Waals surface area (Å²) >= 11 is 5.58. The second-order valence-electron chi connectivity index (χ2n) is 3.67. The molecule has 0 bridgehead atoms. The molecular formula is C11H9ClFN5O2. The summed E-state index contributed by atoms with van der Waals surface area (Å²) in [6, 6.07) is 3.60. The van der Waals surface area contributed by atoms with Crippen LogP contribution in [0.2, 0.25) is 5.02 Å². The third-order valence-electron chi connectivity index (χ3n) is 2.20. The number of anilines is 2. The molecule has 2 rings (SSSR count). The van der Waals surface area contributed by atoms with Gasteiger partial charge in [0.1, 0.15) is 5.82 Å². The minimum absolute atomic E-state index is 0.0673. The first kappa shape index (κ1) is 13.9. The summed E-state index contributed by atoms with van der Waals surface area (Å²) in [7, 11) is 0. The Morgan fingerprint density at radius 2 is 1.90 bits per heavy atom. The van der Waals surface area contributed by atoms with Crippen LogP contribution in [0.4, 0.5) is 16.3 Å². The van der Waals surface area contributed by atoms with Crippen molar-refractivity contribution in [3.63, 3.8) is 0 Å². The second-order valence-corrected chi connectivity index (χ2v) is 4.10. The molecule has 0 aliphatic carbocycles. The maximum Gasteiger partial charge on any atom is 0.341 e. The summed E-state index contributed by atoms with van der Waals surface area (Å²) < 4.78 is 18.3. The maximum absolute atomic E-state index is 13.5. The van der Waals surface area contributed by atoms with E-state index in [0.717, 1.165) is 6.07 Å². The molecule has 0 saturated heterocycles. The van der Waals surface area contributed by atoms with Crippen molar-refractivity contribution in [1.82, 2.24) is 15.0 Å². The van der Waals surface area contributed by atoms with E-state index < -0.39 is 11.8 Å². The molecule has 0 spiro atoms. The summed E-state index contributed by atoms with van der Waals surface area (Å²) in [5.74, 6) is -1.78. The third-order valence-corrected chi connectivity index (χ3v) is 2.43. The number of halogens is 2. The highest BCUT2D eigenvalue weighted by molar-refractivity contribution is 6.30. The van der Waals surface area contributed by atoms with E-state index in [0.29, 0.717) is 0 Å². The predicted molar refractivity (Wildman–Crippen MR) is 69.2 cm³/mol. The fraction of sp³-hybridized carbons (Fsp3) is 0.0909. The molecule has 0 aliphatic heterocycles. The Balaban J connectivity index is 2.08. The Kier molecular flexibility index (Phi) is 3.94. The summed E-state index contributed by atoms with van der Waals surface area (Å²) in [5, 5.41) is 0.178.